The van der Waals surface area contributed by atoms with Crippen LogP contribution in [0.4, 0.5) is 0 Å². The van der Waals surface area contributed by atoms with Crippen LogP contribution in [0.15, 0.2) is 12.5 Å². The topological polar surface area (TPSA) is 67.7 Å². The maximum atomic E-state index is 13.2. The van der Waals surface area contributed by atoms with Crippen LogP contribution in [0.3, 0.4) is 0 Å². The number of hydrogen-bond acceptors (Lipinski definition) is 4. The number of nitrogens with zero attached hydrogens (tertiary/aromatic N) is 4. The van der Waals surface area contributed by atoms with Gasteiger partial charge >= 0.3 is 0 Å². The van der Waals surface area contributed by atoms with Crippen LogP contribution in [0.1, 0.15) is 44.8 Å². The van der Waals surface area contributed by atoms with Gasteiger partial charge in [-0.1, -0.05) is 0 Å². The van der Waals surface area contributed by atoms with Crippen molar-refractivity contribution in [2.45, 2.75) is 39.2 Å². The summed E-state index contributed by atoms with van der Waals surface area (Å²) in [6, 6.07) is 0.319. The zero-order chi connectivity index (χ0) is 18.2. The first kappa shape index (κ1) is 17.9. The van der Waals surface area contributed by atoms with Gasteiger partial charge in [0.2, 0.25) is 11.8 Å². The van der Waals surface area contributed by atoms with Crippen LogP contribution >= 0.6 is 0 Å². The highest BCUT2D eigenvalue weighted by Crippen LogP contribution is 2.49. The summed E-state index contributed by atoms with van der Waals surface area (Å²) in [5, 5.41) is 0. The summed E-state index contributed by atoms with van der Waals surface area (Å²) in [7, 11) is 1.64. The predicted octanol–water partition coefficient (Wildman–Crippen LogP) is 1.27. The van der Waals surface area contributed by atoms with Crippen LogP contribution in [0.5, 0.6) is 0 Å². The molecule has 7 nitrogen and oxygen atoms in total. The van der Waals surface area contributed by atoms with E-state index in [9.17, 15) is 9.59 Å². The lowest BCUT2D eigenvalue weighted by atomic mass is 9.75. The van der Waals surface area contributed by atoms with Crippen LogP contribution in [-0.2, 0) is 14.3 Å². The highest BCUT2D eigenvalue weighted by atomic mass is 16.5. The molecule has 0 N–H and O–H groups in total. The lowest BCUT2D eigenvalue weighted by molar-refractivity contribution is -0.137. The van der Waals surface area contributed by atoms with Gasteiger partial charge in [0.05, 0.1) is 24.0 Å². The van der Waals surface area contributed by atoms with Gasteiger partial charge in [-0.3, -0.25) is 9.59 Å². The molecule has 3 rings (SSSR count). The van der Waals surface area contributed by atoms with Gasteiger partial charge in [-0.2, -0.15) is 0 Å². The van der Waals surface area contributed by atoms with Gasteiger partial charge in [0.25, 0.3) is 0 Å². The number of rotatable bonds is 5. The molecule has 2 atom stereocenters. The molecule has 25 heavy (non-hydrogen) atoms. The summed E-state index contributed by atoms with van der Waals surface area (Å²) in [6.07, 6.45) is 4.62. The summed E-state index contributed by atoms with van der Waals surface area (Å²) in [5.41, 5.74) is 0.370. The fourth-order valence-corrected chi connectivity index (χ4v) is 4.08. The molecule has 2 aliphatic heterocycles. The predicted molar refractivity (Wildman–Crippen MR) is 93.1 cm³/mol. The van der Waals surface area contributed by atoms with Crippen molar-refractivity contribution >= 4 is 11.8 Å². The molecule has 0 saturated carbocycles. The Bertz CT molecular complexity index is 657. The first-order valence-corrected chi connectivity index (χ1v) is 8.96. The third kappa shape index (κ3) is 3.05. The van der Waals surface area contributed by atoms with Gasteiger partial charge in [0.1, 0.15) is 0 Å². The van der Waals surface area contributed by atoms with E-state index in [1.165, 1.54) is 0 Å². The van der Waals surface area contributed by atoms with Crippen molar-refractivity contribution in [2.75, 3.05) is 39.9 Å². The molecule has 2 aliphatic rings. The summed E-state index contributed by atoms with van der Waals surface area (Å²) in [6.45, 7) is 8.68. The maximum Gasteiger partial charge on any atom is 0.231 e. The summed E-state index contributed by atoms with van der Waals surface area (Å²) < 4.78 is 7.19. The molecular formula is C18H28N4O3. The number of likely N-dealkylation sites (tertiary alicyclic amines) is 2. The van der Waals surface area contributed by atoms with Crippen molar-refractivity contribution < 1.29 is 14.3 Å². The Morgan fingerprint density at radius 2 is 2.24 bits per heavy atom. The van der Waals surface area contributed by atoms with Crippen LogP contribution in [0, 0.1) is 5.41 Å². The van der Waals surface area contributed by atoms with Crippen molar-refractivity contribution in [1.29, 1.82) is 0 Å². The van der Waals surface area contributed by atoms with E-state index in [-0.39, 0.29) is 17.7 Å². The standard InChI is InChI=1S/C18H28N4O3/c1-13(2)22-10-16(19-12-22)15-9-21(14(3)23)11-18(15)5-6-20(17(18)24)7-8-25-4/h10,12-13,15H,5-9,11H2,1-4H3/t15-,18-/m0/s1. The van der Waals surface area contributed by atoms with Crippen molar-refractivity contribution in [1.82, 2.24) is 19.4 Å². The van der Waals surface area contributed by atoms with Crippen LogP contribution in [0.25, 0.3) is 0 Å². The van der Waals surface area contributed by atoms with Crippen LogP contribution in [0.2, 0.25) is 0 Å². The molecule has 1 aromatic heterocycles. The Labute approximate surface area is 148 Å². The summed E-state index contributed by atoms with van der Waals surface area (Å²) in [5.74, 6) is 0.113. The molecule has 2 saturated heterocycles. The fraction of sp³-hybridized carbons (Fsp3) is 0.722. The molecular weight excluding hydrogens is 320 g/mol. The molecule has 0 aromatic carbocycles. The first-order chi connectivity index (χ1) is 11.9. The van der Waals surface area contributed by atoms with Crippen molar-refractivity contribution in [2.24, 2.45) is 5.41 Å². The average Bonchev–Trinajstić information content (AvgIpc) is 3.26. The smallest absolute Gasteiger partial charge is 0.231 e. The maximum absolute atomic E-state index is 13.2. The van der Waals surface area contributed by atoms with Crippen molar-refractivity contribution in [3.05, 3.63) is 18.2 Å². The van der Waals surface area contributed by atoms with Crippen LogP contribution in [-0.4, -0.2) is 71.1 Å². The Kier molecular flexibility index (Phi) is 4.86. The second-order valence-corrected chi connectivity index (χ2v) is 7.48. The Morgan fingerprint density at radius 1 is 1.48 bits per heavy atom. The van der Waals surface area contributed by atoms with Gasteiger partial charge < -0.3 is 19.1 Å². The highest BCUT2D eigenvalue weighted by Gasteiger charge is 2.58. The quantitative estimate of drug-likeness (QED) is 0.804. The first-order valence-electron chi connectivity index (χ1n) is 8.96. The summed E-state index contributed by atoms with van der Waals surface area (Å²) in [4.78, 5) is 33.5. The Balaban J connectivity index is 1.91. The lowest BCUT2D eigenvalue weighted by Crippen LogP contribution is -2.41. The normalized spacial score (nSPS) is 26.4. The number of imidazole rings is 1. The molecule has 2 amide bonds. The minimum Gasteiger partial charge on any atom is -0.383 e. The summed E-state index contributed by atoms with van der Waals surface area (Å²) >= 11 is 0. The Morgan fingerprint density at radius 3 is 2.84 bits per heavy atom. The van der Waals surface area contributed by atoms with E-state index >= 15 is 0 Å². The highest BCUT2D eigenvalue weighted by molar-refractivity contribution is 5.88. The molecule has 2 fully saturated rings. The van der Waals surface area contributed by atoms with Gasteiger partial charge in [-0.25, -0.2) is 4.98 Å². The van der Waals surface area contributed by atoms with Gasteiger partial charge in [0, 0.05) is 58.4 Å². The Hall–Kier alpha value is -1.89. The second-order valence-electron chi connectivity index (χ2n) is 7.48. The molecule has 0 unspecified atom stereocenters. The molecule has 0 bridgehead atoms. The minimum absolute atomic E-state index is 0.0216. The molecule has 1 aromatic rings. The second kappa shape index (κ2) is 6.78. The van der Waals surface area contributed by atoms with E-state index in [0.29, 0.717) is 32.3 Å². The number of ether oxygens (including phenoxy) is 1. The minimum atomic E-state index is -0.546. The number of carbonyl (C=O) groups is 2. The number of carbonyl (C=O) groups excluding carboxylic acids is 2. The van der Waals surface area contributed by atoms with E-state index in [0.717, 1.165) is 18.7 Å². The van der Waals surface area contributed by atoms with Crippen LogP contribution < -0.4 is 0 Å². The average molecular weight is 348 g/mol. The number of amides is 2. The van der Waals surface area contributed by atoms with Gasteiger partial charge in [0.15, 0.2) is 0 Å². The third-order valence-electron chi connectivity index (χ3n) is 5.67. The zero-order valence-electron chi connectivity index (χ0n) is 15.6. The van der Waals surface area contributed by atoms with E-state index < -0.39 is 5.41 Å². The molecule has 0 radical (unpaired) electrons. The number of hydrogen-bond donors (Lipinski definition) is 0. The monoisotopic (exact) mass is 348 g/mol. The zero-order valence-corrected chi connectivity index (χ0v) is 15.6. The van der Waals surface area contributed by atoms with Crippen molar-refractivity contribution in [3.8, 4) is 0 Å². The molecule has 7 heteroatoms. The van der Waals surface area contributed by atoms with Crippen molar-refractivity contribution in [3.63, 3.8) is 0 Å². The molecule has 1 spiro atoms. The number of aromatic nitrogens is 2. The van der Waals surface area contributed by atoms with E-state index in [1.807, 2.05) is 17.4 Å². The van der Waals surface area contributed by atoms with Gasteiger partial charge in [-0.05, 0) is 20.3 Å². The molecule has 0 aliphatic carbocycles. The lowest BCUT2D eigenvalue weighted by Gasteiger charge is -2.27. The van der Waals surface area contributed by atoms with Gasteiger partial charge in [-0.15, -0.1) is 0 Å². The fourth-order valence-electron chi connectivity index (χ4n) is 4.08. The largest absolute Gasteiger partial charge is 0.383 e. The third-order valence-corrected chi connectivity index (χ3v) is 5.67. The molecule has 3 heterocycles. The molecule has 138 valence electrons. The van der Waals surface area contributed by atoms with E-state index in [1.54, 1.807) is 18.9 Å². The number of methoxy groups -OCH3 is 1. The van der Waals surface area contributed by atoms with E-state index in [2.05, 4.69) is 23.4 Å². The van der Waals surface area contributed by atoms with E-state index in [4.69, 9.17) is 4.74 Å². The SMILES string of the molecule is COCCN1CC[C@@]2(CN(C(C)=O)C[C@H]2c2cn(C(C)C)cn2)C1=O.